The molecule has 1 aliphatic carbocycles. The van der Waals surface area contributed by atoms with E-state index in [-0.39, 0.29) is 0 Å². The molecule has 0 aromatic heterocycles. The molecule has 1 aliphatic rings. The molecule has 0 bridgehead atoms. The summed E-state index contributed by atoms with van der Waals surface area (Å²) in [5, 5.41) is 0. The Labute approximate surface area is 80.5 Å². The molecule has 0 aromatic carbocycles. The zero-order valence-electron chi connectivity index (χ0n) is 8.49. The van der Waals surface area contributed by atoms with Gasteiger partial charge in [-0.15, -0.1) is 0 Å². The highest BCUT2D eigenvalue weighted by molar-refractivity contribution is 5.75. The van der Waals surface area contributed by atoms with Crippen molar-refractivity contribution in [3.8, 4) is 0 Å². The summed E-state index contributed by atoms with van der Waals surface area (Å²) in [6.07, 6.45) is 11.6. The van der Waals surface area contributed by atoms with E-state index in [9.17, 15) is 4.79 Å². The Morgan fingerprint density at radius 2 is 2.31 bits per heavy atom. The van der Waals surface area contributed by atoms with Gasteiger partial charge in [-0.2, -0.15) is 0 Å². The maximum atomic E-state index is 10.8. The van der Waals surface area contributed by atoms with Gasteiger partial charge in [0.25, 0.3) is 0 Å². The lowest BCUT2D eigenvalue weighted by Gasteiger charge is -2.20. The summed E-state index contributed by atoms with van der Waals surface area (Å²) in [6, 6.07) is 0. The Kier molecular flexibility index (Phi) is 3.94. The van der Waals surface area contributed by atoms with E-state index in [0.717, 1.165) is 19.3 Å². The predicted molar refractivity (Wildman–Crippen MR) is 55.5 cm³/mol. The van der Waals surface area contributed by atoms with Gasteiger partial charge >= 0.3 is 0 Å². The summed E-state index contributed by atoms with van der Waals surface area (Å²) in [7, 11) is 0. The van der Waals surface area contributed by atoms with E-state index in [1.165, 1.54) is 0 Å². The fourth-order valence-electron chi connectivity index (χ4n) is 1.67. The van der Waals surface area contributed by atoms with Gasteiger partial charge in [0, 0.05) is 6.42 Å². The van der Waals surface area contributed by atoms with Crippen LogP contribution in [-0.2, 0) is 4.79 Å². The van der Waals surface area contributed by atoms with Crippen molar-refractivity contribution in [2.45, 2.75) is 33.1 Å². The highest BCUT2D eigenvalue weighted by Gasteiger charge is 2.14. The third kappa shape index (κ3) is 3.58. The Morgan fingerprint density at radius 1 is 1.54 bits per heavy atom. The maximum absolute atomic E-state index is 10.8. The summed E-state index contributed by atoms with van der Waals surface area (Å²) in [5.74, 6) is 1.58. The summed E-state index contributed by atoms with van der Waals surface area (Å²) < 4.78 is 0. The van der Waals surface area contributed by atoms with E-state index in [0.29, 0.717) is 17.6 Å². The van der Waals surface area contributed by atoms with Gasteiger partial charge in [0.05, 0.1) is 0 Å². The van der Waals surface area contributed by atoms with Crippen molar-refractivity contribution in [1.29, 1.82) is 0 Å². The Bertz CT molecular complexity index is 225. The van der Waals surface area contributed by atoms with Crippen LogP contribution >= 0.6 is 0 Å². The molecule has 1 nitrogen and oxygen atoms in total. The van der Waals surface area contributed by atoms with Crippen LogP contribution in [0.5, 0.6) is 0 Å². The van der Waals surface area contributed by atoms with E-state index in [2.05, 4.69) is 31.2 Å². The molecule has 2 unspecified atom stereocenters. The average molecular weight is 178 g/mol. The van der Waals surface area contributed by atoms with Gasteiger partial charge in [0.15, 0.2) is 0 Å². The molecule has 0 amide bonds. The summed E-state index contributed by atoms with van der Waals surface area (Å²) in [4.78, 5) is 10.8. The molecule has 0 aliphatic heterocycles. The van der Waals surface area contributed by atoms with Crippen LogP contribution in [0.15, 0.2) is 24.3 Å². The standard InChI is InChI=1S/C12H18O/c1-10(8-9-11(2)13)12-6-4-3-5-7-12/h3-6,10,12H,7-9H2,1-2H3. The molecule has 0 spiro atoms. The molecular weight excluding hydrogens is 160 g/mol. The number of Topliss-reactive ketones (excluding diaryl/α,β-unsaturated/α-hetero) is 1. The number of rotatable bonds is 4. The van der Waals surface area contributed by atoms with Gasteiger partial charge < -0.3 is 4.79 Å². The average Bonchev–Trinajstić information content (AvgIpc) is 2.15. The molecule has 0 aromatic rings. The molecule has 13 heavy (non-hydrogen) atoms. The van der Waals surface area contributed by atoms with Crippen LogP contribution in [0.3, 0.4) is 0 Å². The number of carbonyl (C=O) groups is 1. The van der Waals surface area contributed by atoms with Crippen molar-refractivity contribution < 1.29 is 4.79 Å². The lowest BCUT2D eigenvalue weighted by Crippen LogP contribution is -2.11. The number of carbonyl (C=O) groups excluding carboxylic acids is 1. The van der Waals surface area contributed by atoms with Crippen LogP contribution in [0.2, 0.25) is 0 Å². The van der Waals surface area contributed by atoms with Gasteiger partial charge in [-0.1, -0.05) is 31.2 Å². The smallest absolute Gasteiger partial charge is 0.129 e. The molecular formula is C12H18O. The SMILES string of the molecule is CC(=O)CCC(C)C1C=CC=CC1. The van der Waals surface area contributed by atoms with Crippen LogP contribution in [0.25, 0.3) is 0 Å². The molecule has 72 valence electrons. The molecule has 0 N–H and O–H groups in total. The summed E-state index contributed by atoms with van der Waals surface area (Å²) in [5.41, 5.74) is 0. The van der Waals surface area contributed by atoms with E-state index < -0.39 is 0 Å². The number of allylic oxidation sites excluding steroid dienone is 4. The van der Waals surface area contributed by atoms with Gasteiger partial charge in [-0.05, 0) is 31.6 Å². The van der Waals surface area contributed by atoms with Crippen LogP contribution in [-0.4, -0.2) is 5.78 Å². The van der Waals surface area contributed by atoms with Crippen molar-refractivity contribution >= 4 is 5.78 Å². The number of ketones is 1. The summed E-state index contributed by atoms with van der Waals surface area (Å²) in [6.45, 7) is 3.90. The lowest BCUT2D eigenvalue weighted by atomic mass is 9.85. The molecule has 0 fully saturated rings. The van der Waals surface area contributed by atoms with Crippen molar-refractivity contribution in [2.24, 2.45) is 11.8 Å². The minimum absolute atomic E-state index is 0.308. The Hall–Kier alpha value is -0.850. The zero-order chi connectivity index (χ0) is 9.68. The van der Waals surface area contributed by atoms with E-state index in [1.807, 2.05) is 0 Å². The van der Waals surface area contributed by atoms with Crippen LogP contribution in [0.1, 0.15) is 33.1 Å². The highest BCUT2D eigenvalue weighted by Crippen LogP contribution is 2.24. The van der Waals surface area contributed by atoms with Crippen molar-refractivity contribution in [2.75, 3.05) is 0 Å². The zero-order valence-corrected chi connectivity index (χ0v) is 8.49. The largest absolute Gasteiger partial charge is 0.300 e. The van der Waals surface area contributed by atoms with Crippen LogP contribution < -0.4 is 0 Å². The molecule has 0 heterocycles. The van der Waals surface area contributed by atoms with Gasteiger partial charge in [0.2, 0.25) is 0 Å². The Balaban J connectivity index is 2.30. The van der Waals surface area contributed by atoms with Crippen LogP contribution in [0.4, 0.5) is 0 Å². The molecule has 0 saturated carbocycles. The normalized spacial score (nSPS) is 23.1. The first-order valence-electron chi connectivity index (χ1n) is 5.03. The second-order valence-corrected chi connectivity index (χ2v) is 3.93. The lowest BCUT2D eigenvalue weighted by molar-refractivity contribution is -0.117. The van der Waals surface area contributed by atoms with Gasteiger partial charge in [0.1, 0.15) is 5.78 Å². The van der Waals surface area contributed by atoms with E-state index in [4.69, 9.17) is 0 Å². The first-order valence-corrected chi connectivity index (χ1v) is 5.03. The maximum Gasteiger partial charge on any atom is 0.129 e. The molecule has 1 heteroatoms. The summed E-state index contributed by atoms with van der Waals surface area (Å²) >= 11 is 0. The second kappa shape index (κ2) is 5.00. The monoisotopic (exact) mass is 178 g/mol. The van der Waals surface area contributed by atoms with Crippen LogP contribution in [0, 0.1) is 11.8 Å². The minimum Gasteiger partial charge on any atom is -0.300 e. The minimum atomic E-state index is 0.308. The molecule has 2 atom stereocenters. The number of hydrogen-bond donors (Lipinski definition) is 0. The van der Waals surface area contributed by atoms with E-state index in [1.54, 1.807) is 6.92 Å². The topological polar surface area (TPSA) is 17.1 Å². The fourth-order valence-corrected chi connectivity index (χ4v) is 1.67. The van der Waals surface area contributed by atoms with Crippen molar-refractivity contribution in [1.82, 2.24) is 0 Å². The fraction of sp³-hybridized carbons (Fsp3) is 0.583. The third-order valence-corrected chi connectivity index (χ3v) is 2.70. The Morgan fingerprint density at radius 3 is 2.85 bits per heavy atom. The third-order valence-electron chi connectivity index (χ3n) is 2.70. The van der Waals surface area contributed by atoms with Crippen molar-refractivity contribution in [3.63, 3.8) is 0 Å². The highest BCUT2D eigenvalue weighted by atomic mass is 16.1. The van der Waals surface area contributed by atoms with Gasteiger partial charge in [-0.3, -0.25) is 0 Å². The first kappa shape index (κ1) is 10.2. The molecule has 1 rings (SSSR count). The second-order valence-electron chi connectivity index (χ2n) is 3.93. The van der Waals surface area contributed by atoms with E-state index >= 15 is 0 Å². The number of hydrogen-bond acceptors (Lipinski definition) is 1. The first-order chi connectivity index (χ1) is 6.20. The quantitative estimate of drug-likeness (QED) is 0.646. The van der Waals surface area contributed by atoms with Crippen molar-refractivity contribution in [3.05, 3.63) is 24.3 Å². The molecule has 0 saturated heterocycles. The predicted octanol–water partition coefficient (Wildman–Crippen LogP) is 3.12. The van der Waals surface area contributed by atoms with Gasteiger partial charge in [-0.25, -0.2) is 0 Å². The molecule has 0 radical (unpaired) electrons.